The summed E-state index contributed by atoms with van der Waals surface area (Å²) in [4.78, 5) is 1.75. The van der Waals surface area contributed by atoms with Gasteiger partial charge in [0, 0.05) is 21.8 Å². The van der Waals surface area contributed by atoms with Gasteiger partial charge in [-0.25, -0.2) is 0 Å². The second-order valence-corrected chi connectivity index (χ2v) is 11.6. The van der Waals surface area contributed by atoms with Gasteiger partial charge in [0.05, 0.1) is 16.7 Å². The largest absolute Gasteiger partial charge is 0.309 e. The summed E-state index contributed by atoms with van der Waals surface area (Å²) < 4.78 is 2.43. The van der Waals surface area contributed by atoms with Crippen LogP contribution in [0, 0.1) is 0 Å². The first-order valence-corrected chi connectivity index (χ1v) is 14.9. The molecule has 0 unspecified atom stereocenters. The van der Waals surface area contributed by atoms with Crippen molar-refractivity contribution < 1.29 is 0 Å². The minimum Gasteiger partial charge on any atom is -0.309 e. The first-order valence-electron chi connectivity index (χ1n) is 14.9. The topological polar surface area (TPSA) is 35.6 Å². The predicted molar refractivity (Wildman–Crippen MR) is 183 cm³/mol. The van der Waals surface area contributed by atoms with Crippen LogP contribution < -0.4 is 0 Å². The molecule has 4 nitrogen and oxygen atoms in total. The van der Waals surface area contributed by atoms with Crippen molar-refractivity contribution >= 4 is 75.9 Å². The van der Waals surface area contributed by atoms with E-state index in [0.717, 1.165) is 33.2 Å². The van der Waals surface area contributed by atoms with Crippen molar-refractivity contribution in [1.29, 1.82) is 0 Å². The molecule has 0 fully saturated rings. The van der Waals surface area contributed by atoms with Crippen LogP contribution in [-0.4, -0.2) is 19.6 Å². The molecule has 44 heavy (non-hydrogen) atoms. The van der Waals surface area contributed by atoms with E-state index in [0.29, 0.717) is 0 Å². The molecule has 0 radical (unpaired) electrons. The van der Waals surface area contributed by atoms with E-state index in [-0.39, 0.29) is 0 Å². The maximum atomic E-state index is 5.02. The molecule has 0 spiro atoms. The summed E-state index contributed by atoms with van der Waals surface area (Å²) >= 11 is 0. The van der Waals surface area contributed by atoms with Gasteiger partial charge in [-0.05, 0) is 86.2 Å². The normalized spacial score (nSPS) is 12.1. The summed E-state index contributed by atoms with van der Waals surface area (Å²) in [6, 6.07) is 52.1. The number of rotatable bonds is 2. The van der Waals surface area contributed by atoms with Crippen LogP contribution in [0.15, 0.2) is 146 Å². The van der Waals surface area contributed by atoms with Gasteiger partial charge in [-0.3, -0.25) is 0 Å². The zero-order chi connectivity index (χ0) is 28.8. The highest BCUT2D eigenvalue weighted by Gasteiger charge is 2.17. The molecule has 0 amide bonds. The summed E-state index contributed by atoms with van der Waals surface area (Å²) in [6.07, 6.45) is 0. The molecular formula is C40H24N4. The van der Waals surface area contributed by atoms with Gasteiger partial charge in [0.25, 0.3) is 0 Å². The van der Waals surface area contributed by atoms with Crippen molar-refractivity contribution in [2.24, 2.45) is 0 Å². The number of nitrogens with zero attached hydrogens (tertiary/aromatic N) is 4. The molecule has 0 bridgehead atoms. The molecule has 4 heteroatoms. The Morgan fingerprint density at radius 3 is 1.95 bits per heavy atom. The molecule has 10 aromatic rings. The van der Waals surface area contributed by atoms with Crippen LogP contribution in [0.3, 0.4) is 0 Å². The van der Waals surface area contributed by atoms with Gasteiger partial charge in [-0.15, -0.1) is 10.2 Å². The molecule has 2 heterocycles. The van der Waals surface area contributed by atoms with Crippen molar-refractivity contribution in [3.8, 4) is 11.4 Å². The average molecular weight is 561 g/mol. The van der Waals surface area contributed by atoms with Gasteiger partial charge in [0.2, 0.25) is 0 Å². The molecule has 10 rings (SSSR count). The molecule has 204 valence electrons. The molecule has 0 N–H and O–H groups in total. The highest BCUT2D eigenvalue weighted by molar-refractivity contribution is 6.24. The summed E-state index contributed by atoms with van der Waals surface area (Å²) in [5.41, 5.74) is 6.27. The summed E-state index contributed by atoms with van der Waals surface area (Å²) in [6.45, 7) is 0. The zero-order valence-corrected chi connectivity index (χ0v) is 23.6. The highest BCUT2D eigenvalue weighted by Crippen LogP contribution is 2.40. The standard InChI is InChI=1S/C40H24N4/c1-2-11-30(12-3-1)44-41-35-20-17-27-15-14-26-16-19-31(24-33(26)38(27)40(35)42-44)43-36-21-18-25-8-6-7-13-32(25)39(36)34-22-28-9-4-5-10-29(28)23-37(34)43/h1-24H. The van der Waals surface area contributed by atoms with Crippen molar-refractivity contribution in [2.75, 3.05) is 0 Å². The molecule has 0 aliphatic rings. The quantitative estimate of drug-likeness (QED) is 0.197. The van der Waals surface area contributed by atoms with Gasteiger partial charge in [0.1, 0.15) is 11.0 Å². The van der Waals surface area contributed by atoms with Gasteiger partial charge >= 0.3 is 0 Å². The van der Waals surface area contributed by atoms with Gasteiger partial charge in [-0.1, -0.05) is 97.1 Å². The molecular weight excluding hydrogens is 536 g/mol. The SMILES string of the molecule is c1ccc(-n2nc3ccc4ccc5ccc(-n6c7cc8ccccc8cc7c7c8ccccc8ccc76)cc5c4c3n2)cc1. The van der Waals surface area contributed by atoms with E-state index in [4.69, 9.17) is 10.2 Å². The first-order chi connectivity index (χ1) is 21.8. The van der Waals surface area contributed by atoms with E-state index in [9.17, 15) is 0 Å². The number of benzene rings is 8. The fraction of sp³-hybridized carbons (Fsp3) is 0. The molecule has 0 saturated carbocycles. The van der Waals surface area contributed by atoms with Crippen LogP contribution in [0.1, 0.15) is 0 Å². The Bertz CT molecular complexity index is 2770. The average Bonchev–Trinajstić information content (AvgIpc) is 3.67. The van der Waals surface area contributed by atoms with E-state index in [2.05, 4.69) is 120 Å². The Kier molecular flexibility index (Phi) is 4.69. The van der Waals surface area contributed by atoms with Gasteiger partial charge < -0.3 is 4.57 Å². The number of para-hydroxylation sites is 1. The van der Waals surface area contributed by atoms with Crippen LogP contribution in [-0.2, 0) is 0 Å². The summed E-state index contributed by atoms with van der Waals surface area (Å²) in [5.74, 6) is 0. The Morgan fingerprint density at radius 1 is 0.386 bits per heavy atom. The Labute approximate surface area is 252 Å². The van der Waals surface area contributed by atoms with E-state index in [1.54, 1.807) is 4.80 Å². The lowest BCUT2D eigenvalue weighted by molar-refractivity contribution is 0.766. The highest BCUT2D eigenvalue weighted by atomic mass is 15.5. The lowest BCUT2D eigenvalue weighted by Gasteiger charge is -2.12. The fourth-order valence-corrected chi connectivity index (χ4v) is 7.07. The van der Waals surface area contributed by atoms with E-state index in [1.165, 1.54) is 54.1 Å². The summed E-state index contributed by atoms with van der Waals surface area (Å²) in [7, 11) is 0. The minimum atomic E-state index is 0.883. The third-order valence-corrected chi connectivity index (χ3v) is 9.10. The summed E-state index contributed by atoms with van der Waals surface area (Å²) in [5, 5.41) is 22.1. The van der Waals surface area contributed by atoms with E-state index < -0.39 is 0 Å². The first kappa shape index (κ1) is 23.6. The van der Waals surface area contributed by atoms with Gasteiger partial charge in [-0.2, -0.15) is 4.80 Å². The zero-order valence-electron chi connectivity index (χ0n) is 23.6. The van der Waals surface area contributed by atoms with Crippen molar-refractivity contribution in [3.05, 3.63) is 146 Å². The second kappa shape index (κ2) is 8.76. The van der Waals surface area contributed by atoms with Crippen LogP contribution in [0.25, 0.3) is 87.3 Å². The fourth-order valence-electron chi connectivity index (χ4n) is 7.07. The van der Waals surface area contributed by atoms with E-state index in [1.807, 2.05) is 30.3 Å². The maximum Gasteiger partial charge on any atom is 0.122 e. The van der Waals surface area contributed by atoms with Crippen molar-refractivity contribution in [1.82, 2.24) is 19.6 Å². The predicted octanol–water partition coefficient (Wildman–Crippen LogP) is 10.1. The van der Waals surface area contributed by atoms with Crippen LogP contribution in [0.4, 0.5) is 0 Å². The van der Waals surface area contributed by atoms with Crippen molar-refractivity contribution in [3.63, 3.8) is 0 Å². The number of hydrogen-bond acceptors (Lipinski definition) is 2. The van der Waals surface area contributed by atoms with Crippen LogP contribution in [0.2, 0.25) is 0 Å². The third kappa shape index (κ3) is 3.28. The Balaban J connectivity index is 1.32. The number of hydrogen-bond donors (Lipinski definition) is 0. The molecule has 0 atom stereocenters. The maximum absolute atomic E-state index is 5.02. The lowest BCUT2D eigenvalue weighted by atomic mass is 10.00. The molecule has 0 aliphatic carbocycles. The lowest BCUT2D eigenvalue weighted by Crippen LogP contribution is -1.97. The Hall–Kier alpha value is -6.00. The second-order valence-electron chi connectivity index (χ2n) is 11.6. The van der Waals surface area contributed by atoms with Crippen LogP contribution in [0.5, 0.6) is 0 Å². The van der Waals surface area contributed by atoms with Crippen molar-refractivity contribution in [2.45, 2.75) is 0 Å². The Morgan fingerprint density at radius 2 is 1.07 bits per heavy atom. The third-order valence-electron chi connectivity index (χ3n) is 9.10. The molecule has 2 aromatic heterocycles. The molecule has 0 aliphatic heterocycles. The number of aromatic nitrogens is 4. The van der Waals surface area contributed by atoms with Crippen LogP contribution >= 0.6 is 0 Å². The minimum absolute atomic E-state index is 0.883. The smallest absolute Gasteiger partial charge is 0.122 e. The van der Waals surface area contributed by atoms with Gasteiger partial charge in [0.15, 0.2) is 0 Å². The monoisotopic (exact) mass is 560 g/mol. The number of fused-ring (bicyclic) bond motifs is 11. The molecule has 8 aromatic carbocycles. The van der Waals surface area contributed by atoms with E-state index >= 15 is 0 Å². The molecule has 0 saturated heterocycles.